The molecule has 10 heteroatoms. The average Bonchev–Trinajstić information content (AvgIpc) is 2.79. The van der Waals surface area contributed by atoms with E-state index in [1.807, 2.05) is 4.90 Å². The van der Waals surface area contributed by atoms with Gasteiger partial charge in [0, 0.05) is 51.2 Å². The maximum absolute atomic E-state index is 14.3. The molecule has 0 atom stereocenters. The summed E-state index contributed by atoms with van der Waals surface area (Å²) < 4.78 is 21.3. The van der Waals surface area contributed by atoms with E-state index in [-0.39, 0.29) is 11.8 Å². The summed E-state index contributed by atoms with van der Waals surface area (Å²) in [7, 11) is 0. The summed E-state index contributed by atoms with van der Waals surface area (Å²) in [5, 5.41) is 10.8. The Morgan fingerprint density at radius 3 is 2.35 bits per heavy atom. The Labute approximate surface area is 188 Å². The van der Waals surface area contributed by atoms with Crippen LogP contribution in [0, 0.1) is 21.8 Å². The topological polar surface area (TPSA) is 84.6 Å². The number of nitro groups is 1. The lowest BCUT2D eigenvalue weighted by Crippen LogP contribution is -2.39. The van der Waals surface area contributed by atoms with Crippen LogP contribution in [0.5, 0.6) is 0 Å². The molecule has 3 heterocycles. The molecule has 0 spiro atoms. The average molecular weight is 494 g/mol. The number of nitro benzene ring substituents is 1. The summed E-state index contributed by atoms with van der Waals surface area (Å²) >= 11 is 3.36. The summed E-state index contributed by atoms with van der Waals surface area (Å²) in [4.78, 5) is 23.1. The lowest BCUT2D eigenvalue weighted by atomic mass is 9.97. The monoisotopic (exact) mass is 493 g/mol. The van der Waals surface area contributed by atoms with Crippen molar-refractivity contribution in [3.8, 4) is 0 Å². The first kappa shape index (κ1) is 21.9. The van der Waals surface area contributed by atoms with E-state index in [1.54, 1.807) is 12.4 Å². The fourth-order valence-corrected chi connectivity index (χ4v) is 4.37. The first-order valence-electron chi connectivity index (χ1n) is 10.5. The number of hydrogen-bond donors (Lipinski definition) is 0. The number of non-ortho nitro benzene ring substituents is 1. The van der Waals surface area contributed by atoms with Gasteiger partial charge in [0.15, 0.2) is 5.82 Å². The summed E-state index contributed by atoms with van der Waals surface area (Å²) in [6.45, 7) is 3.93. The number of benzene rings is 1. The SMILES string of the molecule is O=[N+]([O-])c1ccc(N2CCC(COC3CCN(c4ncc(Br)cn4)CC3)CC2)c(F)c1. The van der Waals surface area contributed by atoms with Crippen LogP contribution in [0.25, 0.3) is 0 Å². The maximum Gasteiger partial charge on any atom is 0.272 e. The molecule has 8 nitrogen and oxygen atoms in total. The molecule has 0 bridgehead atoms. The molecule has 0 radical (unpaired) electrons. The Morgan fingerprint density at radius 1 is 1.10 bits per heavy atom. The van der Waals surface area contributed by atoms with Gasteiger partial charge < -0.3 is 14.5 Å². The van der Waals surface area contributed by atoms with Gasteiger partial charge in [0.1, 0.15) is 0 Å². The van der Waals surface area contributed by atoms with Crippen LogP contribution in [0.4, 0.5) is 21.7 Å². The Balaban J connectivity index is 1.20. The summed E-state index contributed by atoms with van der Waals surface area (Å²) in [5.74, 6) is 0.670. The summed E-state index contributed by atoms with van der Waals surface area (Å²) in [6.07, 6.45) is 7.51. The van der Waals surface area contributed by atoms with Gasteiger partial charge in [-0.15, -0.1) is 0 Å². The molecular formula is C21H25BrFN5O3. The quantitative estimate of drug-likeness (QED) is 0.440. The van der Waals surface area contributed by atoms with E-state index in [1.165, 1.54) is 12.1 Å². The van der Waals surface area contributed by atoms with Gasteiger partial charge in [-0.3, -0.25) is 10.1 Å². The van der Waals surface area contributed by atoms with Crippen LogP contribution < -0.4 is 9.80 Å². The number of piperidine rings is 2. The molecule has 2 aliphatic heterocycles. The number of anilines is 2. The summed E-state index contributed by atoms with van der Waals surface area (Å²) in [5.41, 5.74) is 0.217. The van der Waals surface area contributed by atoms with Gasteiger partial charge in [-0.05, 0) is 53.6 Å². The van der Waals surface area contributed by atoms with Crippen molar-refractivity contribution in [3.05, 3.63) is 51.0 Å². The van der Waals surface area contributed by atoms with Crippen molar-refractivity contribution in [2.75, 3.05) is 42.6 Å². The molecule has 2 aromatic rings. The first-order valence-corrected chi connectivity index (χ1v) is 11.3. The lowest BCUT2D eigenvalue weighted by Gasteiger charge is -2.35. The van der Waals surface area contributed by atoms with Gasteiger partial charge in [0.25, 0.3) is 5.69 Å². The van der Waals surface area contributed by atoms with Crippen LogP contribution in [0.1, 0.15) is 25.7 Å². The fourth-order valence-electron chi connectivity index (χ4n) is 4.17. The van der Waals surface area contributed by atoms with E-state index >= 15 is 0 Å². The van der Waals surface area contributed by atoms with Crippen molar-refractivity contribution < 1.29 is 14.1 Å². The zero-order valence-corrected chi connectivity index (χ0v) is 18.7. The van der Waals surface area contributed by atoms with Crippen molar-refractivity contribution in [3.63, 3.8) is 0 Å². The second kappa shape index (κ2) is 9.86. The van der Waals surface area contributed by atoms with Crippen molar-refractivity contribution in [1.82, 2.24) is 9.97 Å². The molecule has 166 valence electrons. The predicted molar refractivity (Wildman–Crippen MR) is 119 cm³/mol. The highest BCUT2D eigenvalue weighted by atomic mass is 79.9. The van der Waals surface area contributed by atoms with Gasteiger partial charge in [0.2, 0.25) is 5.95 Å². The van der Waals surface area contributed by atoms with Crippen LogP contribution in [-0.2, 0) is 4.74 Å². The van der Waals surface area contributed by atoms with Crippen LogP contribution in [0.15, 0.2) is 35.1 Å². The highest BCUT2D eigenvalue weighted by molar-refractivity contribution is 9.10. The first-order chi connectivity index (χ1) is 15.0. The largest absolute Gasteiger partial charge is 0.378 e. The third-order valence-corrected chi connectivity index (χ3v) is 6.41. The van der Waals surface area contributed by atoms with E-state index in [0.29, 0.717) is 11.6 Å². The Bertz CT molecular complexity index is 900. The molecule has 0 unspecified atom stereocenters. The molecule has 0 aliphatic carbocycles. The molecule has 4 rings (SSSR count). The van der Waals surface area contributed by atoms with E-state index < -0.39 is 10.7 Å². The highest BCUT2D eigenvalue weighted by Gasteiger charge is 2.25. The molecule has 0 N–H and O–H groups in total. The normalized spacial score (nSPS) is 18.4. The van der Waals surface area contributed by atoms with Crippen molar-refractivity contribution >= 4 is 33.3 Å². The second-order valence-electron chi connectivity index (χ2n) is 8.04. The molecule has 31 heavy (non-hydrogen) atoms. The van der Waals surface area contributed by atoms with E-state index in [9.17, 15) is 14.5 Å². The molecule has 2 aliphatic rings. The minimum absolute atomic E-state index is 0.220. The Hall–Kier alpha value is -2.33. The maximum atomic E-state index is 14.3. The molecule has 1 aromatic carbocycles. The molecule has 1 aromatic heterocycles. The second-order valence-corrected chi connectivity index (χ2v) is 8.96. The Morgan fingerprint density at radius 2 is 1.74 bits per heavy atom. The zero-order chi connectivity index (χ0) is 21.8. The van der Waals surface area contributed by atoms with Crippen LogP contribution in [0.3, 0.4) is 0 Å². The van der Waals surface area contributed by atoms with Crippen LogP contribution in [-0.4, -0.2) is 53.8 Å². The van der Waals surface area contributed by atoms with Crippen LogP contribution in [0.2, 0.25) is 0 Å². The lowest BCUT2D eigenvalue weighted by molar-refractivity contribution is -0.385. The molecule has 0 saturated carbocycles. The number of rotatable bonds is 6. The number of hydrogen-bond acceptors (Lipinski definition) is 7. The van der Waals surface area contributed by atoms with Crippen molar-refractivity contribution in [2.45, 2.75) is 31.8 Å². The number of halogens is 2. The Kier molecular flexibility index (Phi) is 6.96. The van der Waals surface area contributed by atoms with Crippen LogP contribution >= 0.6 is 15.9 Å². The smallest absolute Gasteiger partial charge is 0.272 e. The number of ether oxygens (including phenoxy) is 1. The number of aromatic nitrogens is 2. The highest BCUT2D eigenvalue weighted by Crippen LogP contribution is 2.29. The fraction of sp³-hybridized carbons (Fsp3) is 0.524. The van der Waals surface area contributed by atoms with E-state index in [0.717, 1.165) is 75.0 Å². The standard InChI is InChI=1S/C21H25BrFN5O3/c22-16-12-24-21(25-13-16)27-9-5-18(6-10-27)31-14-15-3-7-26(8-4-15)20-2-1-17(28(29)30)11-19(20)23/h1-2,11-13,15,18H,3-10,14H2. The van der Waals surface area contributed by atoms with Gasteiger partial charge in [-0.2, -0.15) is 0 Å². The third kappa shape index (κ3) is 5.48. The van der Waals surface area contributed by atoms with Crippen molar-refractivity contribution in [1.29, 1.82) is 0 Å². The van der Waals surface area contributed by atoms with Gasteiger partial charge in [0.05, 0.1) is 27.3 Å². The zero-order valence-electron chi connectivity index (χ0n) is 17.1. The summed E-state index contributed by atoms with van der Waals surface area (Å²) in [6, 6.07) is 3.86. The van der Waals surface area contributed by atoms with Gasteiger partial charge in [-0.1, -0.05) is 0 Å². The minimum atomic E-state index is -0.577. The van der Waals surface area contributed by atoms with E-state index in [2.05, 4.69) is 30.8 Å². The van der Waals surface area contributed by atoms with Gasteiger partial charge >= 0.3 is 0 Å². The van der Waals surface area contributed by atoms with E-state index in [4.69, 9.17) is 4.74 Å². The molecule has 0 amide bonds. The van der Waals surface area contributed by atoms with Gasteiger partial charge in [-0.25, -0.2) is 14.4 Å². The molecule has 2 saturated heterocycles. The van der Waals surface area contributed by atoms with Crippen molar-refractivity contribution in [2.24, 2.45) is 5.92 Å². The third-order valence-electron chi connectivity index (χ3n) is 6.00. The molecule has 2 fully saturated rings. The molecular weight excluding hydrogens is 469 g/mol. The predicted octanol–water partition coefficient (Wildman–Crippen LogP) is 4.19. The number of nitrogens with zero attached hydrogens (tertiary/aromatic N) is 5. The minimum Gasteiger partial charge on any atom is -0.378 e.